The summed E-state index contributed by atoms with van der Waals surface area (Å²) in [4.78, 5) is 26.3. The van der Waals surface area contributed by atoms with Crippen molar-refractivity contribution in [2.45, 2.75) is 13.0 Å². The van der Waals surface area contributed by atoms with E-state index < -0.39 is 23.5 Å². The molecule has 1 heterocycles. The summed E-state index contributed by atoms with van der Waals surface area (Å²) in [6, 6.07) is 10.9. The Morgan fingerprint density at radius 2 is 1.75 bits per heavy atom. The fourth-order valence-corrected chi connectivity index (χ4v) is 3.24. The Morgan fingerprint density at radius 3 is 2.32 bits per heavy atom. The van der Waals surface area contributed by atoms with E-state index in [1.165, 1.54) is 29.2 Å². The number of ketones is 1. The molecule has 2 aromatic carbocycles. The van der Waals surface area contributed by atoms with Gasteiger partial charge in [-0.05, 0) is 48.9 Å². The molecule has 1 fully saturated rings. The first-order chi connectivity index (χ1) is 13.5. The number of halogens is 1. The van der Waals surface area contributed by atoms with Crippen molar-refractivity contribution in [3.63, 3.8) is 0 Å². The molecule has 0 saturated carbocycles. The van der Waals surface area contributed by atoms with Crippen LogP contribution in [-0.4, -0.2) is 46.6 Å². The maximum atomic E-state index is 13.3. The number of amides is 1. The minimum Gasteiger partial charge on any atom is -0.507 e. The number of nitrogens with zero attached hydrogens (tertiary/aromatic N) is 1. The van der Waals surface area contributed by atoms with Gasteiger partial charge in [-0.3, -0.25) is 9.59 Å². The SMILES string of the molecule is CCOc1ccc(/C(O)=C2\C(=O)C(=O)N(CCO)C2c2ccc(F)cc2)cc1. The molecule has 6 nitrogen and oxygen atoms in total. The summed E-state index contributed by atoms with van der Waals surface area (Å²) < 4.78 is 18.7. The van der Waals surface area contributed by atoms with Crippen LogP contribution in [0.1, 0.15) is 24.1 Å². The normalized spacial score (nSPS) is 18.5. The molecule has 2 aromatic rings. The number of hydrogen-bond donors (Lipinski definition) is 2. The van der Waals surface area contributed by atoms with Crippen molar-refractivity contribution in [1.29, 1.82) is 0 Å². The highest BCUT2D eigenvalue weighted by Crippen LogP contribution is 2.39. The maximum absolute atomic E-state index is 13.3. The highest BCUT2D eigenvalue weighted by molar-refractivity contribution is 6.46. The lowest BCUT2D eigenvalue weighted by molar-refractivity contribution is -0.140. The van der Waals surface area contributed by atoms with Gasteiger partial charge < -0.3 is 19.8 Å². The van der Waals surface area contributed by atoms with Crippen molar-refractivity contribution in [1.82, 2.24) is 4.90 Å². The lowest BCUT2D eigenvalue weighted by Crippen LogP contribution is -2.32. The van der Waals surface area contributed by atoms with E-state index in [4.69, 9.17) is 4.74 Å². The van der Waals surface area contributed by atoms with Crippen molar-refractivity contribution in [3.8, 4) is 5.75 Å². The van der Waals surface area contributed by atoms with Crippen molar-refractivity contribution >= 4 is 17.4 Å². The largest absolute Gasteiger partial charge is 0.507 e. The third-order valence-corrected chi connectivity index (χ3v) is 4.51. The molecule has 2 N–H and O–H groups in total. The first kappa shape index (κ1) is 19.6. The van der Waals surface area contributed by atoms with Gasteiger partial charge in [0.05, 0.1) is 24.8 Å². The first-order valence-corrected chi connectivity index (χ1v) is 8.86. The van der Waals surface area contributed by atoms with E-state index in [2.05, 4.69) is 0 Å². The van der Waals surface area contributed by atoms with E-state index in [0.29, 0.717) is 23.5 Å². The number of carbonyl (C=O) groups is 2. The van der Waals surface area contributed by atoms with Crippen molar-refractivity contribution in [3.05, 3.63) is 71.0 Å². The molecule has 146 valence electrons. The number of Topliss-reactive ketones (excluding diaryl/α,β-unsaturated/α-hetero) is 1. The van der Waals surface area contributed by atoms with Gasteiger partial charge in [-0.15, -0.1) is 0 Å². The van der Waals surface area contributed by atoms with E-state index in [-0.39, 0.29) is 24.5 Å². The molecule has 1 amide bonds. The highest BCUT2D eigenvalue weighted by atomic mass is 19.1. The monoisotopic (exact) mass is 385 g/mol. The first-order valence-electron chi connectivity index (χ1n) is 8.86. The number of rotatable bonds is 6. The summed E-state index contributed by atoms with van der Waals surface area (Å²) in [7, 11) is 0. The van der Waals surface area contributed by atoms with Crippen molar-refractivity contribution in [2.24, 2.45) is 0 Å². The van der Waals surface area contributed by atoms with Crippen molar-refractivity contribution < 1.29 is 28.9 Å². The standard InChI is InChI=1S/C21H20FNO5/c1-2-28-16-9-5-14(6-10-16)19(25)17-18(13-3-7-15(22)8-4-13)23(11-12-24)21(27)20(17)26/h3-10,18,24-25H,2,11-12H2,1H3/b19-17+. The number of hydrogen-bond acceptors (Lipinski definition) is 5. The van der Waals surface area contributed by atoms with Gasteiger partial charge >= 0.3 is 0 Å². The average molecular weight is 385 g/mol. The summed E-state index contributed by atoms with van der Waals surface area (Å²) in [5, 5.41) is 20.1. The molecule has 28 heavy (non-hydrogen) atoms. The van der Waals surface area contributed by atoms with Crippen LogP contribution >= 0.6 is 0 Å². The van der Waals surface area contributed by atoms with Crippen LogP contribution in [0.25, 0.3) is 5.76 Å². The highest BCUT2D eigenvalue weighted by Gasteiger charge is 2.45. The summed E-state index contributed by atoms with van der Waals surface area (Å²) in [6.07, 6.45) is 0. The minimum absolute atomic E-state index is 0.0906. The fraction of sp³-hybridized carbons (Fsp3) is 0.238. The Balaban J connectivity index is 2.10. The molecular formula is C21H20FNO5. The molecule has 0 aromatic heterocycles. The number of aliphatic hydroxyl groups is 2. The van der Waals surface area contributed by atoms with Crippen LogP contribution in [-0.2, 0) is 9.59 Å². The van der Waals surface area contributed by atoms with Crippen LogP contribution in [0.3, 0.4) is 0 Å². The third kappa shape index (κ3) is 3.61. The second kappa shape index (κ2) is 8.22. The molecule has 0 aliphatic carbocycles. The second-order valence-electron chi connectivity index (χ2n) is 6.23. The molecule has 7 heteroatoms. The molecule has 1 aliphatic rings. The Hall–Kier alpha value is -3.19. The number of likely N-dealkylation sites (tertiary alicyclic amines) is 1. The van der Waals surface area contributed by atoms with Crippen LogP contribution in [0.5, 0.6) is 5.75 Å². The zero-order chi connectivity index (χ0) is 20.3. The van der Waals surface area contributed by atoms with E-state index in [9.17, 15) is 24.2 Å². The number of carbonyl (C=O) groups excluding carboxylic acids is 2. The van der Waals surface area contributed by atoms with Gasteiger partial charge in [0, 0.05) is 12.1 Å². The lowest BCUT2D eigenvalue weighted by Gasteiger charge is -2.24. The average Bonchev–Trinajstić information content (AvgIpc) is 2.94. The molecule has 1 unspecified atom stereocenters. The predicted molar refractivity (Wildman–Crippen MR) is 100 cm³/mol. The molecular weight excluding hydrogens is 365 g/mol. The van der Waals surface area contributed by atoms with Crippen LogP contribution in [0.4, 0.5) is 4.39 Å². The van der Waals surface area contributed by atoms with Gasteiger partial charge in [-0.25, -0.2) is 4.39 Å². The van der Waals surface area contributed by atoms with E-state index in [1.807, 2.05) is 6.92 Å². The molecule has 0 bridgehead atoms. The number of β-amino-alcohol motifs (C(OH)–C–C–N with tert-alkyl or cyclic N) is 1. The van der Waals surface area contributed by atoms with E-state index in [0.717, 1.165) is 0 Å². The van der Waals surface area contributed by atoms with Gasteiger partial charge in [-0.1, -0.05) is 12.1 Å². The second-order valence-corrected chi connectivity index (χ2v) is 6.23. The number of ether oxygens (including phenoxy) is 1. The summed E-state index contributed by atoms with van der Waals surface area (Å²) in [5.74, 6) is -1.87. The van der Waals surface area contributed by atoms with Gasteiger partial charge in [0.1, 0.15) is 17.3 Å². The van der Waals surface area contributed by atoms with E-state index in [1.54, 1.807) is 24.3 Å². The molecule has 0 radical (unpaired) electrons. The molecule has 3 rings (SSSR count). The summed E-state index contributed by atoms with van der Waals surface area (Å²) in [6.45, 7) is 1.89. The zero-order valence-electron chi connectivity index (χ0n) is 15.3. The Morgan fingerprint density at radius 1 is 1.11 bits per heavy atom. The summed E-state index contributed by atoms with van der Waals surface area (Å²) >= 11 is 0. The number of benzene rings is 2. The fourth-order valence-electron chi connectivity index (χ4n) is 3.24. The minimum atomic E-state index is -0.917. The smallest absolute Gasteiger partial charge is 0.295 e. The van der Waals surface area contributed by atoms with Crippen LogP contribution in [0, 0.1) is 5.82 Å². The van der Waals surface area contributed by atoms with Crippen molar-refractivity contribution in [2.75, 3.05) is 19.8 Å². The quantitative estimate of drug-likeness (QED) is 0.454. The van der Waals surface area contributed by atoms with Crippen LogP contribution < -0.4 is 4.74 Å². The van der Waals surface area contributed by atoms with Gasteiger partial charge in [-0.2, -0.15) is 0 Å². The van der Waals surface area contributed by atoms with Crippen LogP contribution in [0.2, 0.25) is 0 Å². The Kier molecular flexibility index (Phi) is 5.75. The Labute approximate surface area is 161 Å². The van der Waals surface area contributed by atoms with Crippen LogP contribution in [0.15, 0.2) is 54.1 Å². The Bertz CT molecular complexity index is 905. The lowest BCUT2D eigenvalue weighted by atomic mass is 9.95. The molecule has 1 saturated heterocycles. The zero-order valence-corrected chi connectivity index (χ0v) is 15.3. The van der Waals surface area contributed by atoms with Gasteiger partial charge in [0.15, 0.2) is 0 Å². The maximum Gasteiger partial charge on any atom is 0.295 e. The third-order valence-electron chi connectivity index (χ3n) is 4.51. The number of aliphatic hydroxyl groups excluding tert-OH is 2. The molecule has 1 aliphatic heterocycles. The molecule has 0 spiro atoms. The van der Waals surface area contributed by atoms with E-state index >= 15 is 0 Å². The molecule has 1 atom stereocenters. The van der Waals surface area contributed by atoms with Gasteiger partial charge in [0.2, 0.25) is 0 Å². The topological polar surface area (TPSA) is 87.1 Å². The van der Waals surface area contributed by atoms with Gasteiger partial charge in [0.25, 0.3) is 11.7 Å². The summed E-state index contributed by atoms with van der Waals surface area (Å²) in [5.41, 5.74) is 0.702. The predicted octanol–water partition coefficient (Wildman–Crippen LogP) is 2.64.